The number of alkyl carbamates (subject to hydrolysis) is 1. The normalized spacial score (nSPS) is 12.1. The lowest BCUT2D eigenvalue weighted by atomic mass is 9.99. The molecule has 0 aliphatic carbocycles. The summed E-state index contributed by atoms with van der Waals surface area (Å²) in [6.07, 6.45) is 2.50. The summed E-state index contributed by atoms with van der Waals surface area (Å²) in [6.45, 7) is 11.4. The van der Waals surface area contributed by atoms with Crippen molar-refractivity contribution in [3.8, 4) is 5.75 Å². The molecule has 0 aliphatic heterocycles. The Bertz CT molecular complexity index is 773. The lowest BCUT2D eigenvalue weighted by molar-refractivity contribution is -0.140. The zero-order valence-corrected chi connectivity index (χ0v) is 20.3. The fourth-order valence-corrected chi connectivity index (χ4v) is 3.13. The van der Waals surface area contributed by atoms with Gasteiger partial charge in [0, 0.05) is 18.7 Å². The van der Waals surface area contributed by atoms with Crippen molar-refractivity contribution < 1.29 is 24.2 Å². The second-order valence-electron chi connectivity index (χ2n) is 8.86. The fraction of sp³-hybridized carbons (Fsp3) is 0.625. The van der Waals surface area contributed by atoms with Gasteiger partial charge in [-0.25, -0.2) is 4.79 Å². The Hall–Kier alpha value is -2.77. The van der Waals surface area contributed by atoms with Crippen LogP contribution < -0.4 is 10.6 Å². The van der Waals surface area contributed by atoms with Gasteiger partial charge in [0.05, 0.1) is 0 Å². The van der Waals surface area contributed by atoms with Crippen molar-refractivity contribution in [3.63, 3.8) is 0 Å². The van der Waals surface area contributed by atoms with Crippen LogP contribution in [0.3, 0.4) is 0 Å². The zero-order valence-electron chi connectivity index (χ0n) is 20.3. The molecule has 1 unspecified atom stereocenters. The van der Waals surface area contributed by atoms with Crippen molar-refractivity contribution in [2.45, 2.75) is 78.9 Å². The van der Waals surface area contributed by atoms with E-state index in [0.717, 1.165) is 19.3 Å². The van der Waals surface area contributed by atoms with Gasteiger partial charge in [-0.3, -0.25) is 9.59 Å². The summed E-state index contributed by atoms with van der Waals surface area (Å²) in [6, 6.07) is 4.14. The van der Waals surface area contributed by atoms with Gasteiger partial charge in [0.1, 0.15) is 23.9 Å². The summed E-state index contributed by atoms with van der Waals surface area (Å²) in [5, 5.41) is 16.0. The molecule has 0 aliphatic rings. The first-order valence-electron chi connectivity index (χ1n) is 11.3. The SMILES string of the molecule is CCCCNC(=O)C(c1cccc(C)c1O)N(CCCC)C(=O)CNC(=O)OC(C)(C)C. The molecule has 0 saturated heterocycles. The van der Waals surface area contributed by atoms with E-state index >= 15 is 0 Å². The van der Waals surface area contributed by atoms with Crippen LogP contribution in [-0.2, 0) is 14.3 Å². The summed E-state index contributed by atoms with van der Waals surface area (Å²) >= 11 is 0. The van der Waals surface area contributed by atoms with E-state index in [4.69, 9.17) is 4.74 Å². The number of phenolic OH excluding ortho intramolecular Hbond substituents is 1. The molecule has 1 aromatic rings. The molecular formula is C24H39N3O5. The number of amides is 3. The predicted molar refractivity (Wildman–Crippen MR) is 124 cm³/mol. The number of hydrogen-bond acceptors (Lipinski definition) is 5. The lowest BCUT2D eigenvalue weighted by Crippen LogP contribution is -2.48. The minimum atomic E-state index is -1.01. The number of carbonyl (C=O) groups is 3. The largest absolute Gasteiger partial charge is 0.507 e. The van der Waals surface area contributed by atoms with Gasteiger partial charge in [-0.15, -0.1) is 0 Å². The van der Waals surface area contributed by atoms with Gasteiger partial charge >= 0.3 is 6.09 Å². The van der Waals surface area contributed by atoms with E-state index in [1.165, 1.54) is 4.90 Å². The Labute approximate surface area is 191 Å². The van der Waals surface area contributed by atoms with Crippen molar-refractivity contribution >= 4 is 17.9 Å². The monoisotopic (exact) mass is 449 g/mol. The second kappa shape index (κ2) is 12.9. The van der Waals surface area contributed by atoms with Crippen LogP contribution in [0.25, 0.3) is 0 Å². The molecule has 0 aromatic heterocycles. The molecule has 0 saturated carbocycles. The number of rotatable bonds is 11. The maximum atomic E-state index is 13.2. The van der Waals surface area contributed by atoms with Crippen molar-refractivity contribution in [3.05, 3.63) is 29.3 Å². The molecule has 8 nitrogen and oxygen atoms in total. The number of para-hydroxylation sites is 1. The van der Waals surface area contributed by atoms with Crippen molar-refractivity contribution in [2.24, 2.45) is 0 Å². The van der Waals surface area contributed by atoms with Crippen molar-refractivity contribution in [1.29, 1.82) is 0 Å². The van der Waals surface area contributed by atoms with Crippen LogP contribution in [0, 0.1) is 6.92 Å². The van der Waals surface area contributed by atoms with E-state index in [1.807, 2.05) is 13.8 Å². The summed E-state index contributed by atoms with van der Waals surface area (Å²) in [4.78, 5) is 39.8. The van der Waals surface area contributed by atoms with E-state index in [0.29, 0.717) is 30.6 Å². The molecule has 0 heterocycles. The lowest BCUT2D eigenvalue weighted by Gasteiger charge is -2.32. The first kappa shape index (κ1) is 27.3. The van der Waals surface area contributed by atoms with Gasteiger partial charge in [0.2, 0.25) is 11.8 Å². The van der Waals surface area contributed by atoms with Gasteiger partial charge in [-0.2, -0.15) is 0 Å². The second-order valence-corrected chi connectivity index (χ2v) is 8.86. The Morgan fingerprint density at radius 1 is 1.09 bits per heavy atom. The number of phenols is 1. The summed E-state index contributed by atoms with van der Waals surface area (Å²) < 4.78 is 5.20. The maximum Gasteiger partial charge on any atom is 0.408 e. The van der Waals surface area contributed by atoms with E-state index < -0.39 is 23.6 Å². The van der Waals surface area contributed by atoms with E-state index in [1.54, 1.807) is 45.9 Å². The average Bonchev–Trinajstić information content (AvgIpc) is 2.70. The number of unbranched alkanes of at least 4 members (excludes halogenated alkanes) is 2. The number of nitrogens with zero attached hydrogens (tertiary/aromatic N) is 1. The average molecular weight is 450 g/mol. The minimum Gasteiger partial charge on any atom is -0.507 e. The first-order valence-corrected chi connectivity index (χ1v) is 11.3. The summed E-state index contributed by atoms with van der Waals surface area (Å²) in [5.41, 5.74) is 0.286. The standard InChI is InChI=1S/C24H39N3O5/c1-7-9-14-25-22(30)20(18-13-11-12-17(3)21(18)29)27(15-10-8-2)19(28)16-26-23(31)32-24(4,5)6/h11-13,20,29H,7-10,14-16H2,1-6H3,(H,25,30)(H,26,31). The Morgan fingerprint density at radius 3 is 2.34 bits per heavy atom. The number of aryl methyl sites for hydroxylation is 1. The van der Waals surface area contributed by atoms with Crippen LogP contribution in [0.2, 0.25) is 0 Å². The van der Waals surface area contributed by atoms with Gasteiger partial charge in [-0.1, -0.05) is 44.9 Å². The van der Waals surface area contributed by atoms with Crippen LogP contribution in [0.1, 0.15) is 77.5 Å². The Morgan fingerprint density at radius 2 is 1.75 bits per heavy atom. The smallest absolute Gasteiger partial charge is 0.408 e. The van der Waals surface area contributed by atoms with Gasteiger partial charge < -0.3 is 25.4 Å². The van der Waals surface area contributed by atoms with Crippen LogP contribution in [-0.4, -0.2) is 53.1 Å². The van der Waals surface area contributed by atoms with Crippen LogP contribution in [0.4, 0.5) is 4.79 Å². The molecule has 8 heteroatoms. The highest BCUT2D eigenvalue weighted by molar-refractivity contribution is 5.91. The Balaban J connectivity index is 3.21. The van der Waals surface area contributed by atoms with Crippen LogP contribution in [0.5, 0.6) is 5.75 Å². The number of benzene rings is 1. The van der Waals surface area contributed by atoms with E-state index in [2.05, 4.69) is 10.6 Å². The summed E-state index contributed by atoms with van der Waals surface area (Å²) in [5.74, 6) is -0.806. The molecule has 1 aromatic carbocycles. The first-order chi connectivity index (χ1) is 15.0. The molecule has 0 fully saturated rings. The Kier molecular flexibility index (Phi) is 11.0. The molecular weight excluding hydrogens is 410 g/mol. The molecule has 1 atom stereocenters. The maximum absolute atomic E-state index is 13.2. The number of ether oxygens (including phenoxy) is 1. The summed E-state index contributed by atoms with van der Waals surface area (Å²) in [7, 11) is 0. The topological polar surface area (TPSA) is 108 Å². The van der Waals surface area contributed by atoms with Crippen LogP contribution in [0.15, 0.2) is 18.2 Å². The number of nitrogens with one attached hydrogen (secondary N) is 2. The van der Waals surface area contributed by atoms with Crippen LogP contribution >= 0.6 is 0 Å². The third-order valence-electron chi connectivity index (χ3n) is 4.81. The molecule has 3 amide bonds. The van der Waals surface area contributed by atoms with Gasteiger partial charge in [0.15, 0.2) is 0 Å². The predicted octanol–water partition coefficient (Wildman–Crippen LogP) is 3.81. The molecule has 180 valence electrons. The van der Waals surface area contributed by atoms with Crippen molar-refractivity contribution in [2.75, 3.05) is 19.6 Å². The molecule has 1 rings (SSSR count). The molecule has 32 heavy (non-hydrogen) atoms. The number of carbonyl (C=O) groups excluding carboxylic acids is 3. The third kappa shape index (κ3) is 8.77. The molecule has 0 spiro atoms. The minimum absolute atomic E-state index is 0.0162. The van der Waals surface area contributed by atoms with Gasteiger partial charge in [0.25, 0.3) is 0 Å². The van der Waals surface area contributed by atoms with Crippen molar-refractivity contribution in [1.82, 2.24) is 15.5 Å². The third-order valence-corrected chi connectivity index (χ3v) is 4.81. The van der Waals surface area contributed by atoms with E-state index in [9.17, 15) is 19.5 Å². The molecule has 0 bridgehead atoms. The highest BCUT2D eigenvalue weighted by Crippen LogP contribution is 2.32. The number of hydrogen-bond donors (Lipinski definition) is 3. The zero-order chi connectivity index (χ0) is 24.3. The fourth-order valence-electron chi connectivity index (χ4n) is 3.13. The highest BCUT2D eigenvalue weighted by Gasteiger charge is 2.33. The highest BCUT2D eigenvalue weighted by atomic mass is 16.6. The molecule has 0 radical (unpaired) electrons. The molecule has 3 N–H and O–H groups in total. The van der Waals surface area contributed by atoms with E-state index in [-0.39, 0.29) is 18.2 Å². The van der Waals surface area contributed by atoms with Gasteiger partial charge in [-0.05, 0) is 46.1 Å². The quantitative estimate of drug-likeness (QED) is 0.445. The number of aromatic hydroxyl groups is 1.